The predicted octanol–water partition coefficient (Wildman–Crippen LogP) is 3.50. The predicted molar refractivity (Wildman–Crippen MR) is 61.7 cm³/mol. The van der Waals surface area contributed by atoms with Crippen LogP contribution in [-0.2, 0) is 6.18 Å². The molecular formula is C14H8F3N. The van der Waals surface area contributed by atoms with E-state index in [9.17, 15) is 13.2 Å². The van der Waals surface area contributed by atoms with Gasteiger partial charge in [-0.3, -0.25) is 4.98 Å². The third kappa shape index (κ3) is 3.11. The topological polar surface area (TPSA) is 12.9 Å². The molecule has 0 atom stereocenters. The molecular weight excluding hydrogens is 239 g/mol. The lowest BCUT2D eigenvalue weighted by Gasteiger charge is -2.05. The number of hydrogen-bond acceptors (Lipinski definition) is 1. The molecule has 0 saturated heterocycles. The highest BCUT2D eigenvalue weighted by atomic mass is 19.4. The van der Waals surface area contributed by atoms with Crippen LogP contribution in [0.3, 0.4) is 0 Å². The Kier molecular flexibility index (Phi) is 3.33. The van der Waals surface area contributed by atoms with Crippen molar-refractivity contribution in [2.45, 2.75) is 6.18 Å². The normalized spacial score (nSPS) is 10.6. The monoisotopic (exact) mass is 247 g/mol. The molecule has 0 amide bonds. The SMILES string of the molecule is FC(F)(F)c1ccc(C#Cc2ccncc2)cc1. The Morgan fingerprint density at radius 2 is 1.28 bits per heavy atom. The molecule has 0 fully saturated rings. The second kappa shape index (κ2) is 4.92. The largest absolute Gasteiger partial charge is 0.416 e. The first-order chi connectivity index (χ1) is 8.55. The molecule has 0 N–H and O–H groups in total. The van der Waals surface area contributed by atoms with Crippen LogP contribution in [0.1, 0.15) is 16.7 Å². The van der Waals surface area contributed by atoms with E-state index in [0.29, 0.717) is 5.56 Å². The molecule has 2 aromatic rings. The van der Waals surface area contributed by atoms with Gasteiger partial charge in [0.1, 0.15) is 0 Å². The second-order valence-corrected chi connectivity index (χ2v) is 3.56. The molecule has 1 aromatic carbocycles. The minimum absolute atomic E-state index is 0.541. The lowest BCUT2D eigenvalue weighted by Crippen LogP contribution is -2.04. The zero-order valence-electron chi connectivity index (χ0n) is 9.20. The van der Waals surface area contributed by atoms with Gasteiger partial charge >= 0.3 is 6.18 Å². The first kappa shape index (κ1) is 12.2. The van der Waals surface area contributed by atoms with Crippen molar-refractivity contribution < 1.29 is 13.2 Å². The molecule has 0 aliphatic carbocycles. The van der Waals surface area contributed by atoms with Crippen molar-refractivity contribution >= 4 is 0 Å². The average Bonchev–Trinajstić information content (AvgIpc) is 2.37. The maximum atomic E-state index is 12.3. The van der Waals surface area contributed by atoms with Crippen LogP contribution < -0.4 is 0 Å². The fourth-order valence-electron chi connectivity index (χ4n) is 1.32. The van der Waals surface area contributed by atoms with Gasteiger partial charge in [0.05, 0.1) is 5.56 Å². The number of hydrogen-bond donors (Lipinski definition) is 0. The minimum Gasteiger partial charge on any atom is -0.265 e. The summed E-state index contributed by atoms with van der Waals surface area (Å²) in [5.41, 5.74) is 0.640. The molecule has 1 nitrogen and oxygen atoms in total. The molecule has 0 spiro atoms. The Bertz CT molecular complexity index is 574. The molecule has 0 aliphatic rings. The maximum Gasteiger partial charge on any atom is 0.416 e. The molecule has 1 aromatic heterocycles. The summed E-state index contributed by atoms with van der Waals surface area (Å²) in [5.74, 6) is 5.64. The number of aromatic nitrogens is 1. The van der Waals surface area contributed by atoms with E-state index in [4.69, 9.17) is 0 Å². The van der Waals surface area contributed by atoms with E-state index >= 15 is 0 Å². The molecule has 4 heteroatoms. The Labute approximate surface area is 102 Å². The quantitative estimate of drug-likeness (QED) is 0.649. The van der Waals surface area contributed by atoms with E-state index in [1.807, 2.05) is 0 Å². The molecule has 0 saturated carbocycles. The van der Waals surface area contributed by atoms with Gasteiger partial charge in [-0.25, -0.2) is 0 Å². The van der Waals surface area contributed by atoms with E-state index in [1.54, 1.807) is 24.5 Å². The van der Waals surface area contributed by atoms with Gasteiger partial charge in [0, 0.05) is 23.5 Å². The summed E-state index contributed by atoms with van der Waals surface area (Å²) in [6, 6.07) is 8.23. The van der Waals surface area contributed by atoms with Crippen molar-refractivity contribution in [3.8, 4) is 11.8 Å². The maximum absolute atomic E-state index is 12.3. The molecule has 18 heavy (non-hydrogen) atoms. The van der Waals surface area contributed by atoms with Crippen LogP contribution in [0.5, 0.6) is 0 Å². The van der Waals surface area contributed by atoms with Crippen molar-refractivity contribution in [3.63, 3.8) is 0 Å². The standard InChI is InChI=1S/C14H8F3N/c15-14(16,17)13-5-3-11(4-6-13)1-2-12-7-9-18-10-8-12/h3-10H. The van der Waals surface area contributed by atoms with E-state index < -0.39 is 11.7 Å². The molecule has 0 unspecified atom stereocenters. The number of rotatable bonds is 0. The zero-order valence-corrected chi connectivity index (χ0v) is 9.20. The van der Waals surface area contributed by atoms with Crippen LogP contribution in [0.2, 0.25) is 0 Å². The van der Waals surface area contributed by atoms with Crippen LogP contribution in [0.4, 0.5) is 13.2 Å². The highest BCUT2D eigenvalue weighted by Gasteiger charge is 2.29. The fourth-order valence-corrected chi connectivity index (χ4v) is 1.32. The third-order valence-corrected chi connectivity index (χ3v) is 2.24. The highest BCUT2D eigenvalue weighted by molar-refractivity contribution is 5.42. The molecule has 0 aliphatic heterocycles. The van der Waals surface area contributed by atoms with Crippen LogP contribution in [0.15, 0.2) is 48.8 Å². The molecule has 0 radical (unpaired) electrons. The Balaban J connectivity index is 2.20. The van der Waals surface area contributed by atoms with Gasteiger partial charge in [-0.15, -0.1) is 0 Å². The van der Waals surface area contributed by atoms with Gasteiger partial charge in [-0.05, 0) is 36.4 Å². The van der Waals surface area contributed by atoms with Gasteiger partial charge in [0.25, 0.3) is 0 Å². The Morgan fingerprint density at radius 3 is 1.78 bits per heavy atom. The number of benzene rings is 1. The summed E-state index contributed by atoms with van der Waals surface area (Å²) in [5, 5.41) is 0. The highest BCUT2D eigenvalue weighted by Crippen LogP contribution is 2.28. The summed E-state index contributed by atoms with van der Waals surface area (Å²) >= 11 is 0. The van der Waals surface area contributed by atoms with Crippen molar-refractivity contribution in [2.75, 3.05) is 0 Å². The van der Waals surface area contributed by atoms with Crippen LogP contribution in [0.25, 0.3) is 0 Å². The Morgan fingerprint density at radius 1 is 0.778 bits per heavy atom. The lowest BCUT2D eigenvalue weighted by molar-refractivity contribution is -0.137. The van der Waals surface area contributed by atoms with Crippen molar-refractivity contribution in [3.05, 3.63) is 65.5 Å². The van der Waals surface area contributed by atoms with Gasteiger partial charge in [0.2, 0.25) is 0 Å². The van der Waals surface area contributed by atoms with Crippen LogP contribution in [0, 0.1) is 11.8 Å². The summed E-state index contributed by atoms with van der Waals surface area (Å²) in [6.07, 6.45) is -1.09. The first-order valence-electron chi connectivity index (χ1n) is 5.15. The number of halogens is 3. The molecule has 1 heterocycles. The van der Waals surface area contributed by atoms with E-state index in [2.05, 4.69) is 16.8 Å². The summed E-state index contributed by atoms with van der Waals surface area (Å²) in [4.78, 5) is 3.85. The number of pyridine rings is 1. The van der Waals surface area contributed by atoms with Gasteiger partial charge in [0.15, 0.2) is 0 Å². The van der Waals surface area contributed by atoms with Crippen molar-refractivity contribution in [1.82, 2.24) is 4.98 Å². The van der Waals surface area contributed by atoms with Crippen LogP contribution >= 0.6 is 0 Å². The van der Waals surface area contributed by atoms with Gasteiger partial charge in [-0.2, -0.15) is 13.2 Å². The first-order valence-corrected chi connectivity index (χ1v) is 5.15. The second-order valence-electron chi connectivity index (χ2n) is 3.56. The minimum atomic E-state index is -4.31. The van der Waals surface area contributed by atoms with E-state index in [-0.39, 0.29) is 0 Å². The number of nitrogens with zero attached hydrogens (tertiary/aromatic N) is 1. The number of alkyl halides is 3. The zero-order chi connectivity index (χ0) is 13.0. The molecule has 90 valence electrons. The van der Waals surface area contributed by atoms with Crippen molar-refractivity contribution in [2.24, 2.45) is 0 Å². The smallest absolute Gasteiger partial charge is 0.265 e. The van der Waals surface area contributed by atoms with Gasteiger partial charge < -0.3 is 0 Å². The lowest BCUT2D eigenvalue weighted by atomic mass is 10.1. The van der Waals surface area contributed by atoms with E-state index in [1.165, 1.54) is 12.1 Å². The average molecular weight is 247 g/mol. The molecule has 2 rings (SSSR count). The summed E-state index contributed by atoms with van der Waals surface area (Å²) < 4.78 is 37.0. The van der Waals surface area contributed by atoms with E-state index in [0.717, 1.165) is 17.7 Å². The Hall–Kier alpha value is -2.28. The third-order valence-electron chi connectivity index (χ3n) is 2.24. The van der Waals surface area contributed by atoms with Gasteiger partial charge in [-0.1, -0.05) is 11.8 Å². The summed E-state index contributed by atoms with van der Waals surface area (Å²) in [6.45, 7) is 0. The van der Waals surface area contributed by atoms with Crippen molar-refractivity contribution in [1.29, 1.82) is 0 Å². The molecule has 0 bridgehead atoms. The fraction of sp³-hybridized carbons (Fsp3) is 0.0714. The van der Waals surface area contributed by atoms with Crippen LogP contribution in [-0.4, -0.2) is 4.98 Å². The summed E-state index contributed by atoms with van der Waals surface area (Å²) in [7, 11) is 0.